The van der Waals surface area contributed by atoms with Crippen LogP contribution in [0.1, 0.15) is 25.2 Å². The third-order valence-electron chi connectivity index (χ3n) is 3.54. The Balaban J connectivity index is 1.73. The van der Waals surface area contributed by atoms with Crippen molar-refractivity contribution in [1.29, 1.82) is 0 Å². The standard InChI is InChI=1S/C14H17N3O3/c18-11-5-4-9(7-12(11)19)14-16-13(20-17-14)8-10-3-1-2-6-15-10/h4-5,7,10,15,18-19H,1-3,6,8H2. The average Bonchev–Trinajstić information content (AvgIpc) is 2.91. The Labute approximate surface area is 116 Å². The van der Waals surface area contributed by atoms with Crippen molar-refractivity contribution in [1.82, 2.24) is 15.5 Å². The molecule has 2 aromatic rings. The average molecular weight is 275 g/mol. The molecule has 20 heavy (non-hydrogen) atoms. The van der Waals surface area contributed by atoms with Crippen molar-refractivity contribution in [3.8, 4) is 22.9 Å². The van der Waals surface area contributed by atoms with Gasteiger partial charge in [0.15, 0.2) is 11.5 Å². The number of benzene rings is 1. The highest BCUT2D eigenvalue weighted by Gasteiger charge is 2.17. The molecule has 1 aromatic carbocycles. The maximum atomic E-state index is 9.48. The Bertz CT molecular complexity index is 591. The molecule has 1 aromatic heterocycles. The molecule has 1 atom stereocenters. The Morgan fingerprint density at radius 3 is 2.90 bits per heavy atom. The summed E-state index contributed by atoms with van der Waals surface area (Å²) in [6.07, 6.45) is 4.29. The summed E-state index contributed by atoms with van der Waals surface area (Å²) >= 11 is 0. The lowest BCUT2D eigenvalue weighted by Crippen LogP contribution is -2.35. The van der Waals surface area contributed by atoms with Gasteiger partial charge in [-0.05, 0) is 37.6 Å². The fourth-order valence-electron chi connectivity index (χ4n) is 2.43. The molecule has 3 N–H and O–H groups in total. The van der Waals surface area contributed by atoms with E-state index < -0.39 is 0 Å². The second-order valence-corrected chi connectivity index (χ2v) is 5.07. The van der Waals surface area contributed by atoms with Crippen LogP contribution >= 0.6 is 0 Å². The Morgan fingerprint density at radius 1 is 1.25 bits per heavy atom. The molecular weight excluding hydrogens is 258 g/mol. The zero-order chi connectivity index (χ0) is 13.9. The summed E-state index contributed by atoms with van der Waals surface area (Å²) in [6.45, 7) is 1.04. The second-order valence-electron chi connectivity index (χ2n) is 5.07. The van der Waals surface area contributed by atoms with Crippen molar-refractivity contribution < 1.29 is 14.7 Å². The number of aromatic nitrogens is 2. The summed E-state index contributed by atoms with van der Waals surface area (Å²) in [5.74, 6) is 0.657. The summed E-state index contributed by atoms with van der Waals surface area (Å²) in [5.41, 5.74) is 0.618. The zero-order valence-electron chi connectivity index (χ0n) is 11.0. The van der Waals surface area contributed by atoms with Crippen LogP contribution in [0, 0.1) is 0 Å². The molecule has 6 nitrogen and oxygen atoms in total. The van der Waals surface area contributed by atoms with Crippen molar-refractivity contribution in [2.75, 3.05) is 6.54 Å². The number of phenols is 2. The molecular formula is C14H17N3O3. The lowest BCUT2D eigenvalue weighted by Gasteiger charge is -2.21. The van der Waals surface area contributed by atoms with Gasteiger partial charge in [-0.15, -0.1) is 0 Å². The van der Waals surface area contributed by atoms with Gasteiger partial charge in [-0.1, -0.05) is 11.6 Å². The van der Waals surface area contributed by atoms with Crippen LogP contribution in [-0.2, 0) is 6.42 Å². The Kier molecular flexibility index (Phi) is 3.56. The van der Waals surface area contributed by atoms with Crippen LogP contribution in [0.25, 0.3) is 11.4 Å². The zero-order valence-corrected chi connectivity index (χ0v) is 11.0. The first kappa shape index (κ1) is 12.9. The molecule has 106 valence electrons. The molecule has 2 heterocycles. The summed E-state index contributed by atoms with van der Waals surface area (Å²) in [5, 5.41) is 26.1. The fraction of sp³-hybridized carbons (Fsp3) is 0.429. The van der Waals surface area contributed by atoms with E-state index in [2.05, 4.69) is 15.5 Å². The smallest absolute Gasteiger partial charge is 0.228 e. The first-order valence-electron chi connectivity index (χ1n) is 6.81. The molecule has 1 unspecified atom stereocenters. The first-order valence-corrected chi connectivity index (χ1v) is 6.81. The molecule has 6 heteroatoms. The quantitative estimate of drug-likeness (QED) is 0.740. The SMILES string of the molecule is Oc1ccc(-c2noc(CC3CCCCN3)n2)cc1O. The highest BCUT2D eigenvalue weighted by molar-refractivity contribution is 5.59. The van der Waals surface area contributed by atoms with E-state index in [-0.39, 0.29) is 11.5 Å². The largest absolute Gasteiger partial charge is 0.504 e. The van der Waals surface area contributed by atoms with E-state index in [4.69, 9.17) is 4.52 Å². The number of piperidine rings is 1. The topological polar surface area (TPSA) is 91.4 Å². The minimum Gasteiger partial charge on any atom is -0.504 e. The van der Waals surface area contributed by atoms with Crippen LogP contribution in [0.15, 0.2) is 22.7 Å². The predicted octanol–water partition coefficient (Wildman–Crippen LogP) is 1.83. The molecule has 0 amide bonds. The normalized spacial score (nSPS) is 19.1. The van der Waals surface area contributed by atoms with Gasteiger partial charge in [0.2, 0.25) is 11.7 Å². The summed E-state index contributed by atoms with van der Waals surface area (Å²) in [6, 6.07) is 4.86. The molecule has 0 saturated carbocycles. The van der Waals surface area contributed by atoms with Gasteiger partial charge >= 0.3 is 0 Å². The molecule has 1 saturated heterocycles. The van der Waals surface area contributed by atoms with E-state index in [1.54, 1.807) is 6.07 Å². The number of hydrogen-bond donors (Lipinski definition) is 3. The molecule has 1 fully saturated rings. The summed E-state index contributed by atoms with van der Waals surface area (Å²) < 4.78 is 5.25. The molecule has 0 bridgehead atoms. The fourth-order valence-corrected chi connectivity index (χ4v) is 2.43. The Hall–Kier alpha value is -2.08. The van der Waals surface area contributed by atoms with E-state index in [1.807, 2.05) is 0 Å². The van der Waals surface area contributed by atoms with Crippen molar-refractivity contribution in [3.05, 3.63) is 24.1 Å². The van der Waals surface area contributed by atoms with Gasteiger partial charge < -0.3 is 20.1 Å². The second kappa shape index (κ2) is 5.50. The van der Waals surface area contributed by atoms with Crippen LogP contribution < -0.4 is 5.32 Å². The van der Waals surface area contributed by atoms with Gasteiger partial charge in [-0.2, -0.15) is 4.98 Å². The van der Waals surface area contributed by atoms with Crippen molar-refractivity contribution in [3.63, 3.8) is 0 Å². The maximum absolute atomic E-state index is 9.48. The molecule has 0 aliphatic carbocycles. The van der Waals surface area contributed by atoms with Gasteiger partial charge in [0.05, 0.1) is 0 Å². The van der Waals surface area contributed by atoms with Crippen LogP contribution in [0.4, 0.5) is 0 Å². The van der Waals surface area contributed by atoms with Crippen molar-refractivity contribution in [2.24, 2.45) is 0 Å². The lowest BCUT2D eigenvalue weighted by molar-refractivity contribution is 0.331. The van der Waals surface area contributed by atoms with Crippen LogP contribution in [0.3, 0.4) is 0 Å². The summed E-state index contributed by atoms with van der Waals surface area (Å²) in [7, 11) is 0. The molecule has 1 aliphatic rings. The van der Waals surface area contributed by atoms with E-state index in [0.717, 1.165) is 19.4 Å². The van der Waals surface area contributed by atoms with Crippen molar-refractivity contribution in [2.45, 2.75) is 31.7 Å². The molecule has 1 aliphatic heterocycles. The number of nitrogens with zero attached hydrogens (tertiary/aromatic N) is 2. The molecule has 0 spiro atoms. The van der Waals surface area contributed by atoms with Crippen LogP contribution in [0.5, 0.6) is 11.5 Å². The van der Waals surface area contributed by atoms with Crippen LogP contribution in [-0.4, -0.2) is 32.9 Å². The third-order valence-corrected chi connectivity index (χ3v) is 3.54. The minimum absolute atomic E-state index is 0.163. The predicted molar refractivity (Wildman–Crippen MR) is 72.4 cm³/mol. The number of aromatic hydroxyl groups is 2. The molecule has 3 rings (SSSR count). The third kappa shape index (κ3) is 2.75. The van der Waals surface area contributed by atoms with Gasteiger partial charge in [0.25, 0.3) is 0 Å². The maximum Gasteiger partial charge on any atom is 0.228 e. The number of nitrogens with one attached hydrogen (secondary N) is 1. The Morgan fingerprint density at radius 2 is 2.15 bits per heavy atom. The van der Waals surface area contributed by atoms with Gasteiger partial charge in [-0.3, -0.25) is 0 Å². The highest BCUT2D eigenvalue weighted by atomic mass is 16.5. The van der Waals surface area contributed by atoms with Gasteiger partial charge in [-0.25, -0.2) is 0 Å². The highest BCUT2D eigenvalue weighted by Crippen LogP contribution is 2.29. The number of hydrogen-bond acceptors (Lipinski definition) is 6. The summed E-state index contributed by atoms with van der Waals surface area (Å²) in [4.78, 5) is 4.33. The van der Waals surface area contributed by atoms with Gasteiger partial charge in [0.1, 0.15) is 0 Å². The van der Waals surface area contributed by atoms with E-state index in [0.29, 0.717) is 23.3 Å². The van der Waals surface area contributed by atoms with E-state index in [9.17, 15) is 10.2 Å². The molecule has 0 radical (unpaired) electrons. The number of phenolic OH excluding ortho intramolecular Hbond substituents is 2. The van der Waals surface area contributed by atoms with Crippen LogP contribution in [0.2, 0.25) is 0 Å². The van der Waals surface area contributed by atoms with E-state index in [1.165, 1.54) is 25.0 Å². The first-order chi connectivity index (χ1) is 9.72. The van der Waals surface area contributed by atoms with Gasteiger partial charge in [0, 0.05) is 18.0 Å². The lowest BCUT2D eigenvalue weighted by atomic mass is 10.0. The minimum atomic E-state index is -0.192. The number of rotatable bonds is 3. The van der Waals surface area contributed by atoms with Crippen molar-refractivity contribution >= 4 is 0 Å². The van der Waals surface area contributed by atoms with E-state index >= 15 is 0 Å². The monoisotopic (exact) mass is 275 g/mol.